The van der Waals surface area contributed by atoms with Crippen molar-refractivity contribution in [3.05, 3.63) is 34.7 Å². The van der Waals surface area contributed by atoms with Crippen molar-refractivity contribution in [2.75, 3.05) is 7.05 Å². The molecule has 0 aliphatic heterocycles. The number of hydrogen-bond donors (Lipinski definition) is 1. The van der Waals surface area contributed by atoms with Gasteiger partial charge in [0.05, 0.1) is 11.3 Å². The van der Waals surface area contributed by atoms with E-state index in [1.807, 2.05) is 24.3 Å². The molecule has 1 aromatic carbocycles. The Labute approximate surface area is 107 Å². The van der Waals surface area contributed by atoms with Gasteiger partial charge in [-0.1, -0.05) is 18.2 Å². The summed E-state index contributed by atoms with van der Waals surface area (Å²) < 4.78 is 0.968. The van der Waals surface area contributed by atoms with Crippen LogP contribution in [0.2, 0.25) is 0 Å². The van der Waals surface area contributed by atoms with Gasteiger partial charge in [0.1, 0.15) is 0 Å². The van der Waals surface area contributed by atoms with E-state index in [9.17, 15) is 9.59 Å². The maximum absolute atomic E-state index is 11.4. The van der Waals surface area contributed by atoms with Crippen LogP contribution in [-0.4, -0.2) is 18.2 Å². The number of nitrogens with one attached hydrogen (secondary N) is 1. The van der Waals surface area contributed by atoms with E-state index in [1.165, 1.54) is 11.3 Å². The first-order valence-electron chi connectivity index (χ1n) is 5.04. The summed E-state index contributed by atoms with van der Waals surface area (Å²) in [5, 5.41) is 2.96. The van der Waals surface area contributed by atoms with Gasteiger partial charge in [-0.25, -0.2) is 0 Å². The third kappa shape index (κ3) is 2.33. The molecular formula is C12H10ClNO2S. The zero-order valence-electron chi connectivity index (χ0n) is 9.12. The predicted molar refractivity (Wildman–Crippen MR) is 69.8 cm³/mol. The minimum atomic E-state index is -0.509. The highest BCUT2D eigenvalue weighted by atomic mass is 35.5. The number of halogens is 1. The quantitative estimate of drug-likeness (QED) is 0.869. The molecule has 0 fully saturated rings. The summed E-state index contributed by atoms with van der Waals surface area (Å²) >= 11 is 6.87. The first kappa shape index (κ1) is 12.1. The van der Waals surface area contributed by atoms with Gasteiger partial charge in [-0.3, -0.25) is 9.59 Å². The standard InChI is InChI=1S/C12H10ClNO2S/c1-14-10(15)6-8-7-4-2-3-5-9(7)17-11(8)12(13)16/h2-5H,6H2,1H3,(H,14,15). The molecular weight excluding hydrogens is 258 g/mol. The number of rotatable bonds is 3. The van der Waals surface area contributed by atoms with Crippen molar-refractivity contribution in [1.82, 2.24) is 5.32 Å². The number of hydrogen-bond acceptors (Lipinski definition) is 3. The molecule has 0 saturated heterocycles. The van der Waals surface area contributed by atoms with Crippen molar-refractivity contribution in [3.63, 3.8) is 0 Å². The van der Waals surface area contributed by atoms with Crippen LogP contribution in [0.3, 0.4) is 0 Å². The second kappa shape index (κ2) is 4.85. The fourth-order valence-corrected chi connectivity index (χ4v) is 2.97. The Morgan fingerprint density at radius 2 is 2.06 bits per heavy atom. The van der Waals surface area contributed by atoms with Gasteiger partial charge in [-0.05, 0) is 28.6 Å². The van der Waals surface area contributed by atoms with E-state index in [0.717, 1.165) is 10.1 Å². The summed E-state index contributed by atoms with van der Waals surface area (Å²) in [5.41, 5.74) is 0.713. The zero-order chi connectivity index (χ0) is 12.4. The lowest BCUT2D eigenvalue weighted by Crippen LogP contribution is -2.20. The number of benzene rings is 1. The molecule has 0 radical (unpaired) electrons. The van der Waals surface area contributed by atoms with Crippen LogP contribution in [0, 0.1) is 0 Å². The molecule has 1 heterocycles. The molecule has 0 unspecified atom stereocenters. The van der Waals surface area contributed by atoms with Crippen molar-refractivity contribution in [3.8, 4) is 0 Å². The molecule has 1 N–H and O–H groups in total. The van der Waals surface area contributed by atoms with Gasteiger partial charge in [0.15, 0.2) is 0 Å². The summed E-state index contributed by atoms with van der Waals surface area (Å²) in [4.78, 5) is 23.2. The lowest BCUT2D eigenvalue weighted by Gasteiger charge is -2.00. The van der Waals surface area contributed by atoms with Crippen LogP contribution in [0.25, 0.3) is 10.1 Å². The smallest absolute Gasteiger partial charge is 0.262 e. The van der Waals surface area contributed by atoms with E-state index in [1.54, 1.807) is 7.05 Å². The summed E-state index contributed by atoms with van der Waals surface area (Å²) in [6.45, 7) is 0. The van der Waals surface area contributed by atoms with Crippen molar-refractivity contribution >= 4 is 44.2 Å². The van der Waals surface area contributed by atoms with Crippen molar-refractivity contribution in [2.24, 2.45) is 0 Å². The topological polar surface area (TPSA) is 46.2 Å². The minimum absolute atomic E-state index is 0.132. The molecule has 0 aliphatic rings. The summed E-state index contributed by atoms with van der Waals surface area (Å²) in [5.74, 6) is -0.132. The van der Waals surface area contributed by atoms with E-state index < -0.39 is 5.24 Å². The Morgan fingerprint density at radius 3 is 2.71 bits per heavy atom. The fourth-order valence-electron chi connectivity index (χ4n) is 1.68. The third-order valence-electron chi connectivity index (χ3n) is 2.49. The molecule has 0 saturated carbocycles. The van der Waals surface area contributed by atoms with Gasteiger partial charge in [-0.15, -0.1) is 11.3 Å². The molecule has 3 nitrogen and oxygen atoms in total. The Hall–Kier alpha value is -1.39. The first-order valence-corrected chi connectivity index (χ1v) is 6.23. The maximum atomic E-state index is 11.4. The number of amides is 1. The van der Waals surface area contributed by atoms with Gasteiger partial charge in [0.25, 0.3) is 5.24 Å². The van der Waals surface area contributed by atoms with E-state index in [2.05, 4.69) is 5.32 Å². The molecule has 0 atom stereocenters. The zero-order valence-corrected chi connectivity index (χ0v) is 10.7. The van der Waals surface area contributed by atoms with E-state index >= 15 is 0 Å². The molecule has 2 aromatic rings. The Bertz CT molecular complexity index is 591. The molecule has 2 rings (SSSR count). The maximum Gasteiger partial charge on any atom is 0.262 e. The van der Waals surface area contributed by atoms with Gasteiger partial charge in [-0.2, -0.15) is 0 Å². The van der Waals surface area contributed by atoms with Crippen LogP contribution >= 0.6 is 22.9 Å². The highest BCUT2D eigenvalue weighted by molar-refractivity contribution is 7.22. The van der Waals surface area contributed by atoms with Gasteiger partial charge in [0.2, 0.25) is 5.91 Å². The van der Waals surface area contributed by atoms with Crippen LogP contribution in [0.15, 0.2) is 24.3 Å². The molecule has 17 heavy (non-hydrogen) atoms. The van der Waals surface area contributed by atoms with Crippen LogP contribution in [0.5, 0.6) is 0 Å². The molecule has 5 heteroatoms. The molecule has 0 aliphatic carbocycles. The fraction of sp³-hybridized carbons (Fsp3) is 0.167. The first-order chi connectivity index (χ1) is 8.13. The van der Waals surface area contributed by atoms with E-state index in [-0.39, 0.29) is 12.3 Å². The summed E-state index contributed by atoms with van der Waals surface area (Å²) in [7, 11) is 1.57. The Balaban J connectivity index is 2.59. The number of thiophene rings is 1. The van der Waals surface area contributed by atoms with Crippen molar-refractivity contribution < 1.29 is 9.59 Å². The summed E-state index contributed by atoms with van der Waals surface area (Å²) in [6.07, 6.45) is 0.175. The van der Waals surface area contributed by atoms with Crippen LogP contribution in [0.4, 0.5) is 0 Å². The average molecular weight is 268 g/mol. The number of likely N-dealkylation sites (N-methyl/N-ethyl adjacent to an activating group) is 1. The van der Waals surface area contributed by atoms with Crippen LogP contribution in [0.1, 0.15) is 15.2 Å². The lowest BCUT2D eigenvalue weighted by molar-refractivity contribution is -0.119. The molecule has 1 aromatic heterocycles. The average Bonchev–Trinajstić information content (AvgIpc) is 2.68. The largest absolute Gasteiger partial charge is 0.359 e. The van der Waals surface area contributed by atoms with Gasteiger partial charge >= 0.3 is 0 Å². The number of carbonyl (C=O) groups excluding carboxylic acids is 2. The monoisotopic (exact) mass is 267 g/mol. The normalized spacial score (nSPS) is 10.5. The van der Waals surface area contributed by atoms with Crippen LogP contribution in [-0.2, 0) is 11.2 Å². The molecule has 0 bridgehead atoms. The van der Waals surface area contributed by atoms with Gasteiger partial charge < -0.3 is 5.32 Å². The lowest BCUT2D eigenvalue weighted by atomic mass is 10.1. The Kier molecular flexibility index (Phi) is 3.45. The van der Waals surface area contributed by atoms with E-state index in [4.69, 9.17) is 11.6 Å². The van der Waals surface area contributed by atoms with Gasteiger partial charge in [0, 0.05) is 11.7 Å². The SMILES string of the molecule is CNC(=O)Cc1c(C(=O)Cl)sc2ccccc12. The number of fused-ring (bicyclic) bond motifs is 1. The second-order valence-corrected chi connectivity index (χ2v) is 4.93. The molecule has 88 valence electrons. The third-order valence-corrected chi connectivity index (χ3v) is 4.01. The number of carbonyl (C=O) groups is 2. The highest BCUT2D eigenvalue weighted by Gasteiger charge is 2.18. The van der Waals surface area contributed by atoms with Crippen molar-refractivity contribution in [1.29, 1.82) is 0 Å². The van der Waals surface area contributed by atoms with E-state index in [0.29, 0.717) is 10.4 Å². The highest BCUT2D eigenvalue weighted by Crippen LogP contribution is 2.32. The van der Waals surface area contributed by atoms with Crippen LogP contribution < -0.4 is 5.32 Å². The minimum Gasteiger partial charge on any atom is -0.359 e. The molecule has 0 spiro atoms. The summed E-state index contributed by atoms with van der Waals surface area (Å²) in [6, 6.07) is 7.58. The predicted octanol–water partition coefficient (Wildman–Crippen LogP) is 2.57. The second-order valence-electron chi connectivity index (χ2n) is 3.53. The Morgan fingerprint density at radius 1 is 1.35 bits per heavy atom. The molecule has 1 amide bonds. The van der Waals surface area contributed by atoms with Crippen molar-refractivity contribution in [2.45, 2.75) is 6.42 Å².